The number of halogens is 2. The standard InChI is InChI=1S/C14H11ClFN3O2/c15-10-2-1-3-11(16)12(10)19-14(21)18-9-6-4-8(5-7-9)13(17)20/h1-7H,(H2,17,20)(H2,18,19,21). The Morgan fingerprint density at radius 1 is 1.05 bits per heavy atom. The molecule has 2 aromatic rings. The van der Waals surface area contributed by atoms with E-state index in [1.807, 2.05) is 0 Å². The molecule has 2 aromatic carbocycles. The van der Waals surface area contributed by atoms with Gasteiger partial charge in [0.2, 0.25) is 5.91 Å². The monoisotopic (exact) mass is 307 g/mol. The van der Waals surface area contributed by atoms with Gasteiger partial charge in [-0.05, 0) is 36.4 Å². The number of nitrogens with one attached hydrogen (secondary N) is 2. The Balaban J connectivity index is 2.06. The van der Waals surface area contributed by atoms with E-state index in [1.54, 1.807) is 0 Å². The Hall–Kier alpha value is -2.60. The number of nitrogens with two attached hydrogens (primary N) is 1. The summed E-state index contributed by atoms with van der Waals surface area (Å²) in [7, 11) is 0. The summed E-state index contributed by atoms with van der Waals surface area (Å²) in [4.78, 5) is 22.7. The highest BCUT2D eigenvalue weighted by molar-refractivity contribution is 6.33. The molecule has 0 bridgehead atoms. The van der Waals surface area contributed by atoms with E-state index in [-0.39, 0.29) is 10.7 Å². The predicted molar refractivity (Wildman–Crippen MR) is 79.0 cm³/mol. The van der Waals surface area contributed by atoms with Gasteiger partial charge in [0.25, 0.3) is 0 Å². The first kappa shape index (κ1) is 14.8. The van der Waals surface area contributed by atoms with Crippen LogP contribution >= 0.6 is 11.6 Å². The molecule has 108 valence electrons. The van der Waals surface area contributed by atoms with Gasteiger partial charge in [-0.1, -0.05) is 17.7 Å². The molecule has 2 rings (SSSR count). The molecule has 0 atom stereocenters. The largest absolute Gasteiger partial charge is 0.366 e. The van der Waals surface area contributed by atoms with Crippen LogP contribution in [-0.4, -0.2) is 11.9 Å². The molecule has 0 heterocycles. The average Bonchev–Trinajstić information content (AvgIpc) is 2.43. The maximum atomic E-state index is 13.5. The number of hydrogen-bond acceptors (Lipinski definition) is 2. The van der Waals surface area contributed by atoms with Gasteiger partial charge in [0.15, 0.2) is 0 Å². The van der Waals surface area contributed by atoms with Crippen LogP contribution in [0.15, 0.2) is 42.5 Å². The van der Waals surface area contributed by atoms with Gasteiger partial charge in [-0.2, -0.15) is 0 Å². The van der Waals surface area contributed by atoms with Gasteiger partial charge in [-0.3, -0.25) is 4.79 Å². The molecule has 0 radical (unpaired) electrons. The first-order valence-electron chi connectivity index (χ1n) is 5.89. The van der Waals surface area contributed by atoms with Crippen molar-refractivity contribution in [3.05, 3.63) is 58.9 Å². The van der Waals surface area contributed by atoms with Crippen LogP contribution in [-0.2, 0) is 0 Å². The number of carbonyl (C=O) groups excluding carboxylic acids is 2. The second kappa shape index (κ2) is 6.23. The van der Waals surface area contributed by atoms with Crippen LogP contribution < -0.4 is 16.4 Å². The lowest BCUT2D eigenvalue weighted by molar-refractivity contribution is 0.100. The van der Waals surface area contributed by atoms with E-state index >= 15 is 0 Å². The predicted octanol–water partition coefficient (Wildman–Crippen LogP) is 3.22. The zero-order valence-electron chi connectivity index (χ0n) is 10.7. The summed E-state index contributed by atoms with van der Waals surface area (Å²) in [5, 5.41) is 4.89. The van der Waals surface area contributed by atoms with Crippen LogP contribution in [0.5, 0.6) is 0 Å². The van der Waals surface area contributed by atoms with Gasteiger partial charge in [0, 0.05) is 11.3 Å². The minimum Gasteiger partial charge on any atom is -0.366 e. The quantitative estimate of drug-likeness (QED) is 0.813. The van der Waals surface area contributed by atoms with Gasteiger partial charge in [0.05, 0.1) is 10.7 Å². The summed E-state index contributed by atoms with van der Waals surface area (Å²) in [6, 6.07) is 9.36. The average molecular weight is 308 g/mol. The lowest BCUT2D eigenvalue weighted by Gasteiger charge is -2.10. The van der Waals surface area contributed by atoms with Gasteiger partial charge in [0.1, 0.15) is 5.82 Å². The molecule has 7 heteroatoms. The Bertz CT molecular complexity index is 669. The van der Waals surface area contributed by atoms with Crippen LogP contribution in [0.3, 0.4) is 0 Å². The van der Waals surface area contributed by atoms with Crippen molar-refractivity contribution in [1.29, 1.82) is 0 Å². The fourth-order valence-corrected chi connectivity index (χ4v) is 1.82. The topological polar surface area (TPSA) is 84.2 Å². The molecule has 5 nitrogen and oxygen atoms in total. The third kappa shape index (κ3) is 3.70. The molecule has 0 saturated carbocycles. The fourth-order valence-electron chi connectivity index (χ4n) is 1.61. The third-order valence-electron chi connectivity index (χ3n) is 2.63. The Morgan fingerprint density at radius 3 is 2.29 bits per heavy atom. The number of para-hydroxylation sites is 1. The van der Waals surface area contributed by atoms with E-state index in [4.69, 9.17) is 17.3 Å². The molecule has 0 aliphatic heterocycles. The van der Waals surface area contributed by atoms with E-state index < -0.39 is 17.8 Å². The highest BCUT2D eigenvalue weighted by Gasteiger charge is 2.10. The van der Waals surface area contributed by atoms with Crippen LogP contribution in [0, 0.1) is 5.82 Å². The number of amides is 3. The zero-order chi connectivity index (χ0) is 15.4. The second-order valence-corrected chi connectivity index (χ2v) is 4.52. The number of anilines is 2. The molecule has 0 aromatic heterocycles. The SMILES string of the molecule is NC(=O)c1ccc(NC(=O)Nc2c(F)cccc2Cl)cc1. The molecule has 21 heavy (non-hydrogen) atoms. The van der Waals surface area contributed by atoms with E-state index in [1.165, 1.54) is 42.5 Å². The van der Waals surface area contributed by atoms with Crippen LogP contribution in [0.1, 0.15) is 10.4 Å². The van der Waals surface area contributed by atoms with Crippen LogP contribution in [0.25, 0.3) is 0 Å². The lowest BCUT2D eigenvalue weighted by atomic mass is 10.2. The molecular weight excluding hydrogens is 297 g/mol. The summed E-state index contributed by atoms with van der Waals surface area (Å²) in [5.74, 6) is -1.20. The molecule has 3 amide bonds. The van der Waals surface area contributed by atoms with Crippen molar-refractivity contribution in [1.82, 2.24) is 0 Å². The highest BCUT2D eigenvalue weighted by Crippen LogP contribution is 2.24. The van der Waals surface area contributed by atoms with Crippen molar-refractivity contribution in [3.63, 3.8) is 0 Å². The van der Waals surface area contributed by atoms with E-state index in [0.29, 0.717) is 11.3 Å². The highest BCUT2D eigenvalue weighted by atomic mass is 35.5. The summed E-state index contributed by atoms with van der Waals surface area (Å²) in [6.07, 6.45) is 0. The third-order valence-corrected chi connectivity index (χ3v) is 2.94. The molecule has 0 fully saturated rings. The minimum atomic E-state index is -0.658. The fraction of sp³-hybridized carbons (Fsp3) is 0. The van der Waals surface area contributed by atoms with Crippen LogP contribution in [0.2, 0.25) is 5.02 Å². The van der Waals surface area contributed by atoms with Gasteiger partial charge < -0.3 is 16.4 Å². The van der Waals surface area contributed by atoms with Crippen molar-refractivity contribution in [2.75, 3.05) is 10.6 Å². The molecule has 0 aliphatic carbocycles. The maximum absolute atomic E-state index is 13.5. The molecule has 0 spiro atoms. The Labute approximate surface area is 124 Å². The first-order chi connectivity index (χ1) is 9.97. The van der Waals surface area contributed by atoms with Gasteiger partial charge in [-0.25, -0.2) is 9.18 Å². The molecule has 0 unspecified atom stereocenters. The first-order valence-corrected chi connectivity index (χ1v) is 6.27. The lowest BCUT2D eigenvalue weighted by Crippen LogP contribution is -2.20. The minimum absolute atomic E-state index is 0.0919. The molecule has 0 aliphatic rings. The summed E-state index contributed by atoms with van der Waals surface area (Å²) < 4.78 is 13.5. The van der Waals surface area contributed by atoms with Gasteiger partial charge >= 0.3 is 6.03 Å². The number of rotatable bonds is 3. The van der Waals surface area contributed by atoms with Crippen molar-refractivity contribution >= 4 is 34.9 Å². The number of urea groups is 1. The summed E-state index contributed by atoms with van der Waals surface area (Å²) in [6.45, 7) is 0. The molecule has 4 N–H and O–H groups in total. The summed E-state index contributed by atoms with van der Waals surface area (Å²) >= 11 is 5.80. The molecular formula is C14H11ClFN3O2. The Morgan fingerprint density at radius 2 is 1.71 bits per heavy atom. The maximum Gasteiger partial charge on any atom is 0.323 e. The van der Waals surface area contributed by atoms with Crippen molar-refractivity contribution < 1.29 is 14.0 Å². The van der Waals surface area contributed by atoms with E-state index in [9.17, 15) is 14.0 Å². The van der Waals surface area contributed by atoms with Gasteiger partial charge in [-0.15, -0.1) is 0 Å². The van der Waals surface area contributed by atoms with Crippen molar-refractivity contribution in [3.8, 4) is 0 Å². The number of benzene rings is 2. The zero-order valence-corrected chi connectivity index (χ0v) is 11.4. The second-order valence-electron chi connectivity index (χ2n) is 4.12. The molecule has 0 saturated heterocycles. The summed E-state index contributed by atoms with van der Waals surface area (Å²) in [5.41, 5.74) is 5.74. The Kier molecular flexibility index (Phi) is 4.39. The van der Waals surface area contributed by atoms with E-state index in [2.05, 4.69) is 10.6 Å². The number of hydrogen-bond donors (Lipinski definition) is 3. The number of primary amides is 1. The number of carbonyl (C=O) groups is 2. The smallest absolute Gasteiger partial charge is 0.323 e. The van der Waals surface area contributed by atoms with E-state index in [0.717, 1.165) is 0 Å². The van der Waals surface area contributed by atoms with Crippen LogP contribution in [0.4, 0.5) is 20.6 Å². The van der Waals surface area contributed by atoms with Crippen molar-refractivity contribution in [2.45, 2.75) is 0 Å². The van der Waals surface area contributed by atoms with Crippen molar-refractivity contribution in [2.24, 2.45) is 5.73 Å². The normalized spacial score (nSPS) is 10.0.